The summed E-state index contributed by atoms with van der Waals surface area (Å²) in [6, 6.07) is 5.04. The topological polar surface area (TPSA) is 79.3 Å². The number of aromatic hydroxyl groups is 1. The van der Waals surface area contributed by atoms with Crippen LogP contribution in [0.1, 0.15) is 42.9 Å². The number of ether oxygens (including phenoxy) is 1. The van der Waals surface area contributed by atoms with Crippen molar-refractivity contribution in [3.8, 4) is 17.6 Å². The molecule has 0 spiro atoms. The summed E-state index contributed by atoms with van der Waals surface area (Å²) < 4.78 is 5.08. The highest BCUT2D eigenvalue weighted by atomic mass is 35.5. The molecule has 1 aliphatic carbocycles. The van der Waals surface area contributed by atoms with Crippen molar-refractivity contribution in [1.82, 2.24) is 0 Å². The Morgan fingerprint density at radius 3 is 2.58 bits per heavy atom. The molecule has 1 atom stereocenters. The molecule has 19 heavy (non-hydrogen) atoms. The van der Waals surface area contributed by atoms with Gasteiger partial charge in [-0.3, -0.25) is 0 Å². The van der Waals surface area contributed by atoms with Crippen LogP contribution in [0.4, 0.5) is 0 Å². The van der Waals surface area contributed by atoms with Gasteiger partial charge in [0.1, 0.15) is 0 Å². The van der Waals surface area contributed by atoms with Crippen LogP contribution < -0.4 is 10.5 Å². The monoisotopic (exact) mass is 282 g/mol. The number of nitrogens with zero attached hydrogens (tertiary/aromatic N) is 1. The van der Waals surface area contributed by atoms with E-state index in [1.807, 2.05) is 0 Å². The van der Waals surface area contributed by atoms with E-state index in [-0.39, 0.29) is 24.2 Å². The van der Waals surface area contributed by atoms with E-state index in [9.17, 15) is 5.11 Å². The summed E-state index contributed by atoms with van der Waals surface area (Å²) in [5, 5.41) is 19.1. The van der Waals surface area contributed by atoms with E-state index in [4.69, 9.17) is 15.7 Å². The van der Waals surface area contributed by atoms with Gasteiger partial charge in [-0.1, -0.05) is 12.8 Å². The molecule has 0 aliphatic heterocycles. The maximum Gasteiger partial charge on any atom is 0.162 e. The second kappa shape index (κ2) is 6.65. The Labute approximate surface area is 119 Å². The lowest BCUT2D eigenvalue weighted by Crippen LogP contribution is -2.19. The molecular formula is C14H19ClN2O2. The first-order valence-corrected chi connectivity index (χ1v) is 6.24. The number of phenols is 1. The summed E-state index contributed by atoms with van der Waals surface area (Å²) in [7, 11) is 1.47. The molecule has 3 N–H and O–H groups in total. The van der Waals surface area contributed by atoms with E-state index in [1.165, 1.54) is 26.0 Å². The van der Waals surface area contributed by atoms with Gasteiger partial charge < -0.3 is 15.6 Å². The standard InChI is InChI=1S/C14H18N2O2.ClH/c1-18-12-7-9(8-15)6-11(14(12)17)13(16)10-4-2-3-5-10;/h6-7,10,13,17H,2-5,16H2,1H3;1H/t13-;/m0./s1. The molecule has 1 aromatic carbocycles. The molecule has 0 amide bonds. The number of rotatable bonds is 3. The normalized spacial score (nSPS) is 16.5. The summed E-state index contributed by atoms with van der Waals surface area (Å²) >= 11 is 0. The molecule has 0 heterocycles. The average molecular weight is 283 g/mol. The quantitative estimate of drug-likeness (QED) is 0.893. The minimum atomic E-state index is -0.227. The predicted molar refractivity (Wildman–Crippen MR) is 75.5 cm³/mol. The Hall–Kier alpha value is -1.44. The Morgan fingerprint density at radius 1 is 1.42 bits per heavy atom. The molecule has 104 valence electrons. The van der Waals surface area contributed by atoms with Crippen molar-refractivity contribution in [1.29, 1.82) is 5.26 Å². The van der Waals surface area contributed by atoms with E-state index in [1.54, 1.807) is 6.07 Å². The lowest BCUT2D eigenvalue weighted by atomic mass is 9.91. The van der Waals surface area contributed by atoms with Crippen molar-refractivity contribution in [2.45, 2.75) is 31.7 Å². The van der Waals surface area contributed by atoms with Crippen molar-refractivity contribution in [3.05, 3.63) is 23.3 Å². The number of phenolic OH excluding ortho intramolecular Hbond substituents is 1. The van der Waals surface area contributed by atoms with Gasteiger partial charge in [0.25, 0.3) is 0 Å². The summed E-state index contributed by atoms with van der Waals surface area (Å²) in [5.74, 6) is 0.767. The summed E-state index contributed by atoms with van der Waals surface area (Å²) in [6.07, 6.45) is 4.54. The van der Waals surface area contributed by atoms with Gasteiger partial charge in [0, 0.05) is 17.7 Å². The first-order chi connectivity index (χ1) is 8.67. The van der Waals surface area contributed by atoms with Crippen LogP contribution in [0, 0.1) is 17.2 Å². The van der Waals surface area contributed by atoms with Crippen LogP contribution in [0.3, 0.4) is 0 Å². The molecule has 4 nitrogen and oxygen atoms in total. The van der Waals surface area contributed by atoms with Crippen molar-refractivity contribution < 1.29 is 9.84 Å². The summed E-state index contributed by atoms with van der Waals surface area (Å²) in [5.41, 5.74) is 7.31. The fraction of sp³-hybridized carbons (Fsp3) is 0.500. The van der Waals surface area contributed by atoms with Gasteiger partial charge >= 0.3 is 0 Å². The molecule has 0 bridgehead atoms. The number of hydrogen-bond acceptors (Lipinski definition) is 4. The number of hydrogen-bond donors (Lipinski definition) is 2. The second-order valence-electron chi connectivity index (χ2n) is 4.80. The van der Waals surface area contributed by atoms with E-state index in [2.05, 4.69) is 6.07 Å². The zero-order valence-electron chi connectivity index (χ0n) is 10.9. The highest BCUT2D eigenvalue weighted by molar-refractivity contribution is 5.85. The SMILES string of the molecule is COc1cc(C#N)cc([C@@H](N)C2CCCC2)c1O.Cl. The van der Waals surface area contributed by atoms with Gasteiger partial charge in [-0.25, -0.2) is 0 Å². The largest absolute Gasteiger partial charge is 0.504 e. The van der Waals surface area contributed by atoms with E-state index in [0.29, 0.717) is 22.8 Å². The molecule has 0 saturated heterocycles. The lowest BCUT2D eigenvalue weighted by molar-refractivity contribution is 0.359. The first kappa shape index (κ1) is 15.6. The Balaban J connectivity index is 0.00000180. The highest BCUT2D eigenvalue weighted by Crippen LogP contribution is 2.41. The van der Waals surface area contributed by atoms with Crippen LogP contribution in [0.5, 0.6) is 11.5 Å². The zero-order chi connectivity index (χ0) is 13.1. The Morgan fingerprint density at radius 2 is 2.05 bits per heavy atom. The molecule has 0 aromatic heterocycles. The maximum absolute atomic E-state index is 10.1. The van der Waals surface area contributed by atoms with Crippen LogP contribution in [0.25, 0.3) is 0 Å². The van der Waals surface area contributed by atoms with Crippen LogP contribution in [-0.2, 0) is 0 Å². The number of nitriles is 1. The van der Waals surface area contributed by atoms with Gasteiger partial charge in [0.2, 0.25) is 0 Å². The summed E-state index contributed by atoms with van der Waals surface area (Å²) in [6.45, 7) is 0. The maximum atomic E-state index is 10.1. The predicted octanol–water partition coefficient (Wildman–Crippen LogP) is 2.88. The van der Waals surface area contributed by atoms with Crippen molar-refractivity contribution in [2.24, 2.45) is 11.7 Å². The molecule has 2 rings (SSSR count). The third kappa shape index (κ3) is 3.12. The van der Waals surface area contributed by atoms with Gasteiger partial charge in [0.15, 0.2) is 11.5 Å². The van der Waals surface area contributed by atoms with Crippen molar-refractivity contribution in [2.75, 3.05) is 7.11 Å². The lowest BCUT2D eigenvalue weighted by Gasteiger charge is -2.21. The van der Waals surface area contributed by atoms with E-state index < -0.39 is 0 Å². The van der Waals surface area contributed by atoms with Crippen molar-refractivity contribution in [3.63, 3.8) is 0 Å². The van der Waals surface area contributed by atoms with Crippen LogP contribution >= 0.6 is 12.4 Å². The van der Waals surface area contributed by atoms with Gasteiger partial charge in [-0.05, 0) is 24.8 Å². The number of benzene rings is 1. The first-order valence-electron chi connectivity index (χ1n) is 6.24. The van der Waals surface area contributed by atoms with Crippen LogP contribution in [-0.4, -0.2) is 12.2 Å². The highest BCUT2D eigenvalue weighted by Gasteiger charge is 2.26. The molecule has 0 unspecified atom stereocenters. The zero-order valence-corrected chi connectivity index (χ0v) is 11.7. The van der Waals surface area contributed by atoms with Crippen LogP contribution in [0.2, 0.25) is 0 Å². The number of methoxy groups -OCH3 is 1. The second-order valence-corrected chi connectivity index (χ2v) is 4.80. The van der Waals surface area contributed by atoms with Gasteiger partial charge in [0.05, 0.1) is 18.7 Å². The van der Waals surface area contributed by atoms with E-state index >= 15 is 0 Å². The minimum Gasteiger partial charge on any atom is -0.504 e. The third-order valence-corrected chi connectivity index (χ3v) is 3.72. The average Bonchev–Trinajstić information content (AvgIpc) is 2.92. The molecule has 1 saturated carbocycles. The Kier molecular flexibility index (Phi) is 5.46. The fourth-order valence-electron chi connectivity index (χ4n) is 2.67. The smallest absolute Gasteiger partial charge is 0.162 e. The molecule has 1 fully saturated rings. The Bertz CT molecular complexity index is 479. The third-order valence-electron chi connectivity index (χ3n) is 3.72. The molecular weight excluding hydrogens is 264 g/mol. The molecule has 1 aromatic rings. The fourth-order valence-corrected chi connectivity index (χ4v) is 2.67. The van der Waals surface area contributed by atoms with E-state index in [0.717, 1.165) is 12.8 Å². The number of halogens is 1. The van der Waals surface area contributed by atoms with Crippen LogP contribution in [0.15, 0.2) is 12.1 Å². The summed E-state index contributed by atoms with van der Waals surface area (Å²) in [4.78, 5) is 0. The van der Waals surface area contributed by atoms with Crippen molar-refractivity contribution >= 4 is 12.4 Å². The number of nitrogens with two attached hydrogens (primary N) is 1. The minimum absolute atomic E-state index is 0. The molecule has 0 radical (unpaired) electrons. The molecule has 5 heteroatoms. The van der Waals surface area contributed by atoms with Gasteiger partial charge in [-0.15, -0.1) is 12.4 Å². The molecule has 1 aliphatic rings. The van der Waals surface area contributed by atoms with Gasteiger partial charge in [-0.2, -0.15) is 5.26 Å².